The number of benzene rings is 3. The number of aromatic hydroxyl groups is 3. The third kappa shape index (κ3) is 4.65. The largest absolute Gasteiger partial charge is 0.504 e. The molecule has 1 heterocycles. The molecule has 0 radical (unpaired) electrons. The molecule has 0 bridgehead atoms. The van der Waals surface area contributed by atoms with Crippen LogP contribution in [0.25, 0.3) is 22.3 Å². The number of carbonyl (C=O) groups excluding carboxylic acids is 1. The lowest BCUT2D eigenvalue weighted by molar-refractivity contribution is -0.140. The van der Waals surface area contributed by atoms with Gasteiger partial charge in [-0.1, -0.05) is 42.5 Å². The lowest BCUT2D eigenvalue weighted by Crippen LogP contribution is -2.13. The van der Waals surface area contributed by atoms with Crippen molar-refractivity contribution in [2.24, 2.45) is 0 Å². The highest BCUT2D eigenvalue weighted by Gasteiger charge is 2.31. The summed E-state index contributed by atoms with van der Waals surface area (Å²) in [5.74, 6) is -4.83. The molecular formula is C26H20F2O8. The minimum atomic E-state index is -3.11. The summed E-state index contributed by atoms with van der Waals surface area (Å²) in [5.41, 5.74) is -0.548. The van der Waals surface area contributed by atoms with Crippen LogP contribution in [-0.2, 0) is 9.53 Å². The normalized spacial score (nSPS) is 12.0. The van der Waals surface area contributed by atoms with Crippen LogP contribution in [0.15, 0.2) is 69.9 Å². The fourth-order valence-corrected chi connectivity index (χ4v) is 3.99. The summed E-state index contributed by atoms with van der Waals surface area (Å²) in [6, 6.07) is 15.0. The van der Waals surface area contributed by atoms with Crippen molar-refractivity contribution in [3.8, 4) is 34.3 Å². The van der Waals surface area contributed by atoms with Crippen LogP contribution in [0.5, 0.6) is 23.0 Å². The van der Waals surface area contributed by atoms with Gasteiger partial charge in [0.1, 0.15) is 22.5 Å². The Morgan fingerprint density at radius 2 is 1.69 bits per heavy atom. The second-order valence-corrected chi connectivity index (χ2v) is 7.79. The molecule has 3 aromatic carbocycles. The zero-order chi connectivity index (χ0) is 26.0. The molecule has 4 aromatic rings. The van der Waals surface area contributed by atoms with E-state index in [2.05, 4.69) is 4.74 Å². The van der Waals surface area contributed by atoms with Gasteiger partial charge in [0, 0.05) is 23.1 Å². The summed E-state index contributed by atoms with van der Waals surface area (Å²) >= 11 is 0. The van der Waals surface area contributed by atoms with Crippen molar-refractivity contribution >= 4 is 16.9 Å². The number of halogens is 2. The van der Waals surface area contributed by atoms with E-state index >= 15 is 0 Å². The third-order valence-corrected chi connectivity index (χ3v) is 5.62. The van der Waals surface area contributed by atoms with E-state index in [9.17, 15) is 33.7 Å². The van der Waals surface area contributed by atoms with Crippen LogP contribution in [0.4, 0.5) is 8.78 Å². The van der Waals surface area contributed by atoms with Gasteiger partial charge in [0.05, 0.1) is 13.5 Å². The van der Waals surface area contributed by atoms with Gasteiger partial charge in [-0.15, -0.1) is 0 Å². The summed E-state index contributed by atoms with van der Waals surface area (Å²) in [5, 5.41) is 31.4. The van der Waals surface area contributed by atoms with Gasteiger partial charge in [0.2, 0.25) is 5.75 Å². The van der Waals surface area contributed by atoms with Crippen molar-refractivity contribution in [1.82, 2.24) is 0 Å². The predicted molar refractivity (Wildman–Crippen MR) is 124 cm³/mol. The molecule has 1 atom stereocenters. The first-order chi connectivity index (χ1) is 17.2. The van der Waals surface area contributed by atoms with Gasteiger partial charge in [0.25, 0.3) is 0 Å². The monoisotopic (exact) mass is 498 g/mol. The maximum absolute atomic E-state index is 13.0. The second kappa shape index (κ2) is 9.95. The van der Waals surface area contributed by atoms with Gasteiger partial charge in [0.15, 0.2) is 16.9 Å². The standard InChI is InChI=1S/C26H20F2O8/c1-34-19(30)11-16(14-8-5-9-15(10-14)35-26(27)28)20-22(31)24(33)23(32)21-17(29)12-18(36-25(20)21)13-6-3-2-4-7-13/h2-10,12,16,26,31-33H,11H2,1H3/t16-/m1/s1. The van der Waals surface area contributed by atoms with E-state index in [1.54, 1.807) is 30.3 Å². The Bertz CT molecular complexity index is 1480. The van der Waals surface area contributed by atoms with Crippen LogP contribution in [0.3, 0.4) is 0 Å². The third-order valence-electron chi connectivity index (χ3n) is 5.62. The summed E-state index contributed by atoms with van der Waals surface area (Å²) in [6.45, 7) is -3.11. The van der Waals surface area contributed by atoms with Gasteiger partial charge in [-0.05, 0) is 17.7 Å². The average molecular weight is 498 g/mol. The highest BCUT2D eigenvalue weighted by atomic mass is 19.3. The fraction of sp³-hybridized carbons (Fsp3) is 0.154. The van der Waals surface area contributed by atoms with E-state index < -0.39 is 53.0 Å². The smallest absolute Gasteiger partial charge is 0.387 e. The minimum absolute atomic E-state index is 0.0884. The molecule has 0 amide bonds. The molecule has 0 unspecified atom stereocenters. The van der Waals surface area contributed by atoms with Crippen molar-refractivity contribution in [1.29, 1.82) is 0 Å². The number of phenolic OH excluding ortho intramolecular Hbond substituents is 3. The highest BCUT2D eigenvalue weighted by molar-refractivity contribution is 5.93. The Labute approximate surface area is 202 Å². The summed E-state index contributed by atoms with van der Waals surface area (Å²) in [7, 11) is 1.13. The number of methoxy groups -OCH3 is 1. The summed E-state index contributed by atoms with van der Waals surface area (Å²) in [4.78, 5) is 25.3. The summed E-state index contributed by atoms with van der Waals surface area (Å²) in [6.07, 6.45) is -0.444. The minimum Gasteiger partial charge on any atom is -0.504 e. The molecule has 186 valence electrons. The molecule has 0 aliphatic carbocycles. The maximum Gasteiger partial charge on any atom is 0.387 e. The first kappa shape index (κ1) is 24.5. The van der Waals surface area contributed by atoms with Crippen molar-refractivity contribution in [3.63, 3.8) is 0 Å². The highest BCUT2D eigenvalue weighted by Crippen LogP contribution is 2.49. The quantitative estimate of drug-likeness (QED) is 0.243. The molecule has 0 saturated carbocycles. The van der Waals surface area contributed by atoms with Gasteiger partial charge in [-0.25, -0.2) is 0 Å². The number of phenols is 3. The number of alkyl halides is 2. The zero-order valence-corrected chi connectivity index (χ0v) is 18.8. The molecule has 1 aromatic heterocycles. The lowest BCUT2D eigenvalue weighted by atomic mass is 9.86. The number of hydrogen-bond acceptors (Lipinski definition) is 8. The lowest BCUT2D eigenvalue weighted by Gasteiger charge is -2.21. The number of fused-ring (bicyclic) bond motifs is 1. The topological polar surface area (TPSA) is 126 Å². The molecule has 0 aliphatic rings. The first-order valence-electron chi connectivity index (χ1n) is 10.6. The fourth-order valence-electron chi connectivity index (χ4n) is 3.99. The number of hydrogen-bond donors (Lipinski definition) is 3. The number of carbonyl (C=O) groups is 1. The van der Waals surface area contributed by atoms with E-state index in [-0.39, 0.29) is 28.2 Å². The number of rotatable bonds is 7. The van der Waals surface area contributed by atoms with E-state index in [4.69, 9.17) is 9.15 Å². The van der Waals surface area contributed by atoms with E-state index in [1.807, 2.05) is 0 Å². The van der Waals surface area contributed by atoms with Gasteiger partial charge < -0.3 is 29.2 Å². The molecule has 3 N–H and O–H groups in total. The molecule has 8 nitrogen and oxygen atoms in total. The molecule has 0 saturated heterocycles. The van der Waals surface area contributed by atoms with Gasteiger partial charge in [-0.3, -0.25) is 9.59 Å². The summed E-state index contributed by atoms with van der Waals surface area (Å²) < 4.78 is 40.8. The van der Waals surface area contributed by atoms with Gasteiger partial charge in [-0.2, -0.15) is 8.78 Å². The molecule has 36 heavy (non-hydrogen) atoms. The van der Waals surface area contributed by atoms with Crippen molar-refractivity contribution < 1.29 is 42.8 Å². The second-order valence-electron chi connectivity index (χ2n) is 7.79. The van der Waals surface area contributed by atoms with E-state index in [0.717, 1.165) is 13.2 Å². The van der Waals surface area contributed by atoms with Crippen LogP contribution in [0.2, 0.25) is 0 Å². The molecule has 4 rings (SSSR count). The molecular weight excluding hydrogens is 478 g/mol. The Kier molecular flexibility index (Phi) is 6.77. The van der Waals surface area contributed by atoms with Crippen LogP contribution >= 0.6 is 0 Å². The zero-order valence-electron chi connectivity index (χ0n) is 18.8. The number of ether oxygens (including phenoxy) is 2. The maximum atomic E-state index is 13.0. The van der Waals surface area contributed by atoms with E-state index in [0.29, 0.717) is 5.56 Å². The number of esters is 1. The molecule has 10 heteroatoms. The van der Waals surface area contributed by atoms with E-state index in [1.165, 1.54) is 24.3 Å². The Balaban J connectivity index is 2.05. The molecule has 0 aliphatic heterocycles. The molecule has 0 fully saturated rings. The predicted octanol–water partition coefficient (Wildman–Crippen LogP) is 4.87. The average Bonchev–Trinajstić information content (AvgIpc) is 2.86. The Morgan fingerprint density at radius 3 is 2.36 bits per heavy atom. The van der Waals surface area contributed by atoms with Gasteiger partial charge >= 0.3 is 12.6 Å². The Hall–Kier alpha value is -4.60. The first-order valence-corrected chi connectivity index (χ1v) is 10.6. The van der Waals surface area contributed by atoms with Crippen LogP contribution in [0.1, 0.15) is 23.5 Å². The SMILES string of the molecule is COC(=O)C[C@H](c1cccc(OC(F)F)c1)c1c(O)c(O)c(O)c2c(=O)cc(-c3ccccc3)oc12. The molecule has 0 spiro atoms. The van der Waals surface area contributed by atoms with Crippen molar-refractivity contribution in [2.75, 3.05) is 7.11 Å². The van der Waals surface area contributed by atoms with Crippen LogP contribution in [-0.4, -0.2) is 35.0 Å². The Morgan fingerprint density at radius 1 is 0.972 bits per heavy atom. The van der Waals surface area contributed by atoms with Crippen LogP contribution < -0.4 is 10.2 Å². The van der Waals surface area contributed by atoms with Crippen LogP contribution in [0, 0.1) is 0 Å². The van der Waals surface area contributed by atoms with Crippen molar-refractivity contribution in [2.45, 2.75) is 19.0 Å². The van der Waals surface area contributed by atoms with Crippen molar-refractivity contribution in [3.05, 3.63) is 82.0 Å².